The van der Waals surface area contributed by atoms with Crippen LogP contribution in [-0.4, -0.2) is 28.4 Å². The minimum atomic E-state index is -0.840. The third-order valence-corrected chi connectivity index (χ3v) is 3.88. The molecule has 0 bridgehead atoms. The van der Waals surface area contributed by atoms with Crippen LogP contribution >= 0.6 is 0 Å². The minimum absolute atomic E-state index is 0.0825. The molecule has 3 N–H and O–H groups in total. The highest BCUT2D eigenvalue weighted by Crippen LogP contribution is 2.30. The molecule has 0 heterocycles. The Morgan fingerprint density at radius 2 is 2.06 bits per heavy atom. The van der Waals surface area contributed by atoms with E-state index in [1.165, 1.54) is 0 Å². The molecule has 0 aromatic heterocycles. The molecule has 1 rings (SSSR count). The Bertz CT molecular complexity index is 421. The highest BCUT2D eigenvalue weighted by atomic mass is 32.2. The van der Waals surface area contributed by atoms with Gasteiger partial charge in [0.05, 0.1) is 17.5 Å². The van der Waals surface area contributed by atoms with Crippen molar-refractivity contribution in [2.45, 2.75) is 32.1 Å². The maximum Gasteiger partial charge on any atom is 0.144 e. The van der Waals surface area contributed by atoms with Crippen LogP contribution in [0.3, 0.4) is 0 Å². The Morgan fingerprint density at radius 3 is 2.61 bits per heavy atom. The SMILES string of the molecule is CC(C)Oc1cccc(NCC(C)S(C)=O)c1N. The fraction of sp³-hybridized carbons (Fsp3) is 0.538. The number of nitrogens with one attached hydrogen (secondary N) is 1. The van der Waals surface area contributed by atoms with E-state index >= 15 is 0 Å². The largest absolute Gasteiger partial charge is 0.489 e. The summed E-state index contributed by atoms with van der Waals surface area (Å²) in [6.07, 6.45) is 1.79. The van der Waals surface area contributed by atoms with Crippen LogP contribution < -0.4 is 15.8 Å². The van der Waals surface area contributed by atoms with Crippen LogP contribution in [0, 0.1) is 0 Å². The van der Waals surface area contributed by atoms with Gasteiger partial charge in [-0.25, -0.2) is 0 Å². The van der Waals surface area contributed by atoms with Gasteiger partial charge in [0.15, 0.2) is 0 Å². The first kappa shape index (κ1) is 14.8. The maximum atomic E-state index is 11.3. The molecular formula is C13H22N2O2S. The maximum absolute atomic E-state index is 11.3. The molecule has 0 aliphatic carbocycles. The molecule has 0 fully saturated rings. The summed E-state index contributed by atoms with van der Waals surface area (Å²) in [5.41, 5.74) is 7.45. The Kier molecular flexibility index (Phi) is 5.47. The quantitative estimate of drug-likeness (QED) is 0.778. The lowest BCUT2D eigenvalue weighted by atomic mass is 10.2. The molecule has 1 aromatic rings. The zero-order chi connectivity index (χ0) is 13.7. The second-order valence-electron chi connectivity index (χ2n) is 4.57. The summed E-state index contributed by atoms with van der Waals surface area (Å²) >= 11 is 0. The molecule has 0 spiro atoms. The summed E-state index contributed by atoms with van der Waals surface area (Å²) in [6, 6.07) is 5.64. The van der Waals surface area contributed by atoms with Crippen LogP contribution in [0.25, 0.3) is 0 Å². The first-order valence-corrected chi connectivity index (χ1v) is 7.65. The van der Waals surface area contributed by atoms with Gasteiger partial charge in [0.1, 0.15) is 5.75 Å². The van der Waals surface area contributed by atoms with Crippen molar-refractivity contribution in [2.75, 3.05) is 23.9 Å². The van der Waals surface area contributed by atoms with Crippen LogP contribution in [-0.2, 0) is 10.8 Å². The molecule has 0 aliphatic heterocycles. The number of benzene rings is 1. The Morgan fingerprint density at radius 1 is 1.39 bits per heavy atom. The van der Waals surface area contributed by atoms with Gasteiger partial charge in [-0.2, -0.15) is 0 Å². The van der Waals surface area contributed by atoms with Gasteiger partial charge >= 0.3 is 0 Å². The second kappa shape index (κ2) is 6.64. The molecule has 0 saturated heterocycles. The molecular weight excluding hydrogens is 248 g/mol. The predicted octanol–water partition coefficient (Wildman–Crippen LogP) is 2.23. The summed E-state index contributed by atoms with van der Waals surface area (Å²) in [6.45, 7) is 6.48. The van der Waals surface area contributed by atoms with E-state index in [-0.39, 0.29) is 11.4 Å². The Hall–Kier alpha value is -1.23. The average Bonchev–Trinajstić information content (AvgIpc) is 2.29. The van der Waals surface area contributed by atoms with E-state index in [1.54, 1.807) is 6.26 Å². The fourth-order valence-corrected chi connectivity index (χ4v) is 1.74. The van der Waals surface area contributed by atoms with E-state index in [0.29, 0.717) is 18.0 Å². The molecule has 2 unspecified atom stereocenters. The van der Waals surface area contributed by atoms with Crippen molar-refractivity contribution in [2.24, 2.45) is 0 Å². The molecule has 0 aliphatic rings. The first-order valence-electron chi connectivity index (χ1n) is 6.03. The number of rotatable bonds is 6. The van der Waals surface area contributed by atoms with Crippen molar-refractivity contribution in [3.05, 3.63) is 18.2 Å². The third kappa shape index (κ3) is 4.22. The molecule has 102 valence electrons. The lowest BCUT2D eigenvalue weighted by molar-refractivity contribution is 0.244. The second-order valence-corrected chi connectivity index (χ2v) is 6.38. The van der Waals surface area contributed by atoms with Crippen molar-refractivity contribution in [1.29, 1.82) is 0 Å². The van der Waals surface area contributed by atoms with E-state index in [4.69, 9.17) is 10.5 Å². The third-order valence-electron chi connectivity index (χ3n) is 2.58. The normalized spacial score (nSPS) is 14.3. The molecule has 4 nitrogen and oxygen atoms in total. The predicted molar refractivity (Wildman–Crippen MR) is 78.6 cm³/mol. The van der Waals surface area contributed by atoms with Crippen molar-refractivity contribution in [3.63, 3.8) is 0 Å². The number of hydrogen-bond acceptors (Lipinski definition) is 4. The fourth-order valence-electron chi connectivity index (χ4n) is 1.43. The molecule has 0 saturated carbocycles. The van der Waals surface area contributed by atoms with Crippen molar-refractivity contribution >= 4 is 22.2 Å². The van der Waals surface area contributed by atoms with Gasteiger partial charge in [0.2, 0.25) is 0 Å². The lowest BCUT2D eigenvalue weighted by Crippen LogP contribution is -2.21. The van der Waals surface area contributed by atoms with Crippen LogP contribution in [0.2, 0.25) is 0 Å². The molecule has 18 heavy (non-hydrogen) atoms. The highest BCUT2D eigenvalue weighted by Gasteiger charge is 2.10. The van der Waals surface area contributed by atoms with Gasteiger partial charge in [0.25, 0.3) is 0 Å². The summed E-state index contributed by atoms with van der Waals surface area (Å²) < 4.78 is 16.9. The number of nitrogens with two attached hydrogens (primary N) is 1. The zero-order valence-electron chi connectivity index (χ0n) is 11.4. The molecule has 0 radical (unpaired) electrons. The van der Waals surface area contributed by atoms with Gasteiger partial charge in [-0.1, -0.05) is 6.07 Å². The van der Waals surface area contributed by atoms with E-state index in [1.807, 2.05) is 39.0 Å². The summed E-state index contributed by atoms with van der Waals surface area (Å²) in [7, 11) is -0.840. The van der Waals surface area contributed by atoms with Gasteiger partial charge in [0, 0.05) is 28.9 Å². The van der Waals surface area contributed by atoms with Crippen molar-refractivity contribution < 1.29 is 8.95 Å². The topological polar surface area (TPSA) is 64.3 Å². The monoisotopic (exact) mass is 270 g/mol. The summed E-state index contributed by atoms with van der Waals surface area (Å²) in [4.78, 5) is 0. The zero-order valence-corrected chi connectivity index (χ0v) is 12.2. The molecule has 1 aromatic carbocycles. The molecule has 0 amide bonds. The van der Waals surface area contributed by atoms with Gasteiger partial charge in [-0.3, -0.25) is 4.21 Å². The van der Waals surface area contributed by atoms with Crippen LogP contribution in [0.4, 0.5) is 11.4 Å². The molecule has 5 heteroatoms. The van der Waals surface area contributed by atoms with Crippen molar-refractivity contribution in [3.8, 4) is 5.75 Å². The van der Waals surface area contributed by atoms with Crippen LogP contribution in [0.15, 0.2) is 18.2 Å². The van der Waals surface area contributed by atoms with Gasteiger partial charge in [-0.05, 0) is 32.9 Å². The standard InChI is InChI=1S/C13H22N2O2S/c1-9(2)17-12-7-5-6-11(13(12)14)15-8-10(3)18(4)16/h5-7,9-10,15H,8,14H2,1-4H3. The Labute approximate surface area is 111 Å². The van der Waals surface area contributed by atoms with Crippen LogP contribution in [0.5, 0.6) is 5.75 Å². The smallest absolute Gasteiger partial charge is 0.144 e. The number of nitrogen functional groups attached to an aromatic ring is 1. The Balaban J connectivity index is 2.74. The summed E-state index contributed by atoms with van der Waals surface area (Å²) in [5.74, 6) is 0.681. The molecule has 2 atom stereocenters. The average molecular weight is 270 g/mol. The van der Waals surface area contributed by atoms with E-state index in [2.05, 4.69) is 5.32 Å². The first-order chi connectivity index (χ1) is 8.41. The van der Waals surface area contributed by atoms with Gasteiger partial charge < -0.3 is 15.8 Å². The number of para-hydroxylation sites is 1. The number of hydrogen-bond donors (Lipinski definition) is 2. The number of anilines is 2. The summed E-state index contributed by atoms with van der Waals surface area (Å²) in [5, 5.41) is 3.29. The van der Waals surface area contributed by atoms with Crippen molar-refractivity contribution in [1.82, 2.24) is 0 Å². The number of ether oxygens (including phenoxy) is 1. The van der Waals surface area contributed by atoms with E-state index in [0.717, 1.165) is 5.69 Å². The van der Waals surface area contributed by atoms with Crippen LogP contribution in [0.1, 0.15) is 20.8 Å². The van der Waals surface area contributed by atoms with Gasteiger partial charge in [-0.15, -0.1) is 0 Å². The lowest BCUT2D eigenvalue weighted by Gasteiger charge is -2.17. The highest BCUT2D eigenvalue weighted by molar-refractivity contribution is 7.84. The minimum Gasteiger partial charge on any atom is -0.489 e. The van der Waals surface area contributed by atoms with E-state index in [9.17, 15) is 4.21 Å². The van der Waals surface area contributed by atoms with E-state index < -0.39 is 10.8 Å².